The molecule has 6 nitrogen and oxygen atoms in total. The quantitative estimate of drug-likeness (QED) is 0.364. The Kier molecular flexibility index (Phi) is 9.85. The van der Waals surface area contributed by atoms with Gasteiger partial charge < -0.3 is 25.0 Å². The highest BCUT2D eigenvalue weighted by atomic mass is 127. The van der Waals surface area contributed by atoms with Crippen LogP contribution in [0.25, 0.3) is 0 Å². The third kappa shape index (κ3) is 6.35. The van der Waals surface area contributed by atoms with Crippen LogP contribution in [0.3, 0.4) is 0 Å². The van der Waals surface area contributed by atoms with E-state index in [0.29, 0.717) is 13.3 Å². The van der Waals surface area contributed by atoms with Crippen LogP contribution in [-0.4, -0.2) is 50.4 Å². The van der Waals surface area contributed by atoms with E-state index in [9.17, 15) is 0 Å². The zero-order valence-corrected chi connectivity index (χ0v) is 17.1. The lowest BCUT2D eigenvalue weighted by atomic mass is 10.2. The maximum atomic E-state index is 5.40. The van der Waals surface area contributed by atoms with Gasteiger partial charge in [-0.2, -0.15) is 0 Å². The molecule has 1 aromatic carbocycles. The lowest BCUT2D eigenvalue weighted by Gasteiger charge is -2.19. The van der Waals surface area contributed by atoms with E-state index in [1.807, 2.05) is 18.2 Å². The van der Waals surface area contributed by atoms with Gasteiger partial charge in [0.1, 0.15) is 0 Å². The fraction of sp³-hybridized carbons (Fsp3) is 0.588. The van der Waals surface area contributed by atoms with Crippen molar-refractivity contribution in [3.05, 3.63) is 23.8 Å². The highest BCUT2D eigenvalue weighted by Gasteiger charge is 2.12. The number of nitrogens with one attached hydrogen (secondary N) is 2. The van der Waals surface area contributed by atoms with Gasteiger partial charge in [-0.3, -0.25) is 0 Å². The van der Waals surface area contributed by atoms with Crippen LogP contribution in [0.2, 0.25) is 0 Å². The summed E-state index contributed by atoms with van der Waals surface area (Å²) in [4.78, 5) is 7.02. The number of fused-ring (bicyclic) bond motifs is 1. The van der Waals surface area contributed by atoms with Crippen molar-refractivity contribution in [2.75, 3.05) is 39.5 Å². The minimum Gasteiger partial charge on any atom is -0.454 e. The van der Waals surface area contributed by atoms with Crippen molar-refractivity contribution in [1.82, 2.24) is 15.5 Å². The standard InChI is InChI=1S/C17H28N4O2.HI/c1-4-18-17(19-9-10-21(5-2)6-3)20-12-14-7-8-15-16(11-14)23-13-22-15;/h7-8,11H,4-6,9-10,12-13H2,1-3H3,(H2,18,19,20);1H. The lowest BCUT2D eigenvalue weighted by Crippen LogP contribution is -2.41. The molecule has 0 saturated heterocycles. The number of guanidine groups is 1. The molecule has 1 aromatic rings. The third-order valence-corrected chi connectivity index (χ3v) is 3.82. The zero-order chi connectivity index (χ0) is 16.5. The topological polar surface area (TPSA) is 58.1 Å². The lowest BCUT2D eigenvalue weighted by molar-refractivity contribution is 0.174. The largest absolute Gasteiger partial charge is 0.454 e. The van der Waals surface area contributed by atoms with Crippen LogP contribution in [0, 0.1) is 0 Å². The number of nitrogens with zero attached hydrogens (tertiary/aromatic N) is 2. The molecule has 0 unspecified atom stereocenters. The van der Waals surface area contributed by atoms with Crippen LogP contribution in [0.5, 0.6) is 11.5 Å². The van der Waals surface area contributed by atoms with Crippen molar-refractivity contribution in [2.24, 2.45) is 4.99 Å². The van der Waals surface area contributed by atoms with E-state index in [1.54, 1.807) is 0 Å². The third-order valence-electron chi connectivity index (χ3n) is 3.82. The van der Waals surface area contributed by atoms with Crippen LogP contribution in [0.4, 0.5) is 0 Å². The van der Waals surface area contributed by atoms with Crippen molar-refractivity contribution in [2.45, 2.75) is 27.3 Å². The van der Waals surface area contributed by atoms with E-state index in [-0.39, 0.29) is 24.0 Å². The molecule has 1 aliphatic heterocycles. The summed E-state index contributed by atoms with van der Waals surface area (Å²) in [6, 6.07) is 5.95. The number of ether oxygens (including phenoxy) is 2. The highest BCUT2D eigenvalue weighted by Crippen LogP contribution is 2.32. The van der Waals surface area contributed by atoms with E-state index in [1.165, 1.54) is 0 Å². The summed E-state index contributed by atoms with van der Waals surface area (Å²) < 4.78 is 10.7. The van der Waals surface area contributed by atoms with Gasteiger partial charge in [-0.05, 0) is 37.7 Å². The minimum absolute atomic E-state index is 0. The summed E-state index contributed by atoms with van der Waals surface area (Å²) in [5, 5.41) is 6.66. The molecule has 0 fully saturated rings. The summed E-state index contributed by atoms with van der Waals surface area (Å²) in [5.74, 6) is 2.46. The summed E-state index contributed by atoms with van der Waals surface area (Å²) in [5.41, 5.74) is 1.11. The van der Waals surface area contributed by atoms with Gasteiger partial charge in [0.25, 0.3) is 0 Å². The van der Waals surface area contributed by atoms with Crippen molar-refractivity contribution in [3.63, 3.8) is 0 Å². The Morgan fingerprint density at radius 1 is 1.12 bits per heavy atom. The molecule has 1 heterocycles. The second-order valence-electron chi connectivity index (χ2n) is 5.34. The minimum atomic E-state index is 0. The average Bonchev–Trinajstić information content (AvgIpc) is 3.04. The maximum absolute atomic E-state index is 5.40. The molecule has 7 heteroatoms. The monoisotopic (exact) mass is 448 g/mol. The number of aliphatic imine (C=N–C) groups is 1. The van der Waals surface area contributed by atoms with E-state index >= 15 is 0 Å². The molecule has 24 heavy (non-hydrogen) atoms. The zero-order valence-electron chi connectivity index (χ0n) is 14.8. The molecule has 2 rings (SSSR count). The maximum Gasteiger partial charge on any atom is 0.231 e. The fourth-order valence-electron chi connectivity index (χ4n) is 2.42. The molecule has 0 spiro atoms. The summed E-state index contributed by atoms with van der Waals surface area (Å²) >= 11 is 0. The Morgan fingerprint density at radius 3 is 2.58 bits per heavy atom. The van der Waals surface area contributed by atoms with Crippen LogP contribution < -0.4 is 20.1 Å². The molecule has 0 saturated carbocycles. The smallest absolute Gasteiger partial charge is 0.231 e. The predicted octanol–water partition coefficient (Wildman–Crippen LogP) is 2.43. The Labute approximate surface area is 162 Å². The molecule has 0 radical (unpaired) electrons. The van der Waals surface area contributed by atoms with Crippen molar-refractivity contribution >= 4 is 29.9 Å². The second kappa shape index (κ2) is 11.4. The second-order valence-corrected chi connectivity index (χ2v) is 5.34. The number of likely N-dealkylation sites (N-methyl/N-ethyl adjacent to an activating group) is 1. The predicted molar refractivity (Wildman–Crippen MR) is 109 cm³/mol. The van der Waals surface area contributed by atoms with Gasteiger partial charge in [0.05, 0.1) is 6.54 Å². The Balaban J connectivity index is 0.00000288. The van der Waals surface area contributed by atoms with Gasteiger partial charge in [0.15, 0.2) is 17.5 Å². The molecule has 0 aliphatic carbocycles. The van der Waals surface area contributed by atoms with E-state index in [0.717, 1.165) is 55.7 Å². The molecule has 136 valence electrons. The average molecular weight is 448 g/mol. The molecule has 0 aromatic heterocycles. The molecule has 0 atom stereocenters. The number of rotatable bonds is 8. The molecular formula is C17H29IN4O2. The highest BCUT2D eigenvalue weighted by molar-refractivity contribution is 14.0. The van der Waals surface area contributed by atoms with Crippen LogP contribution in [0.1, 0.15) is 26.3 Å². The number of hydrogen-bond acceptors (Lipinski definition) is 4. The van der Waals surface area contributed by atoms with E-state index < -0.39 is 0 Å². The Morgan fingerprint density at radius 2 is 1.88 bits per heavy atom. The van der Waals surface area contributed by atoms with Crippen molar-refractivity contribution in [1.29, 1.82) is 0 Å². The summed E-state index contributed by atoms with van der Waals surface area (Å²) in [7, 11) is 0. The number of halogens is 1. The van der Waals surface area contributed by atoms with Crippen molar-refractivity contribution in [3.8, 4) is 11.5 Å². The SMILES string of the molecule is CCNC(=NCc1ccc2c(c1)OCO2)NCCN(CC)CC.I. The van der Waals surface area contributed by atoms with E-state index in [2.05, 4.69) is 41.3 Å². The van der Waals surface area contributed by atoms with Gasteiger partial charge in [0.2, 0.25) is 6.79 Å². The van der Waals surface area contributed by atoms with Gasteiger partial charge in [0, 0.05) is 19.6 Å². The van der Waals surface area contributed by atoms with Crippen LogP contribution in [-0.2, 0) is 6.54 Å². The first-order valence-corrected chi connectivity index (χ1v) is 8.39. The molecular weight excluding hydrogens is 419 g/mol. The van der Waals surface area contributed by atoms with Gasteiger partial charge in [-0.25, -0.2) is 4.99 Å². The van der Waals surface area contributed by atoms with Gasteiger partial charge in [-0.15, -0.1) is 24.0 Å². The van der Waals surface area contributed by atoms with Crippen LogP contribution >= 0.6 is 24.0 Å². The number of benzene rings is 1. The normalized spacial score (nSPS) is 12.9. The fourth-order valence-corrected chi connectivity index (χ4v) is 2.42. The number of hydrogen-bond donors (Lipinski definition) is 2. The van der Waals surface area contributed by atoms with Gasteiger partial charge in [-0.1, -0.05) is 19.9 Å². The molecule has 0 amide bonds. The first-order chi connectivity index (χ1) is 11.3. The first-order valence-electron chi connectivity index (χ1n) is 8.39. The van der Waals surface area contributed by atoms with Gasteiger partial charge >= 0.3 is 0 Å². The summed E-state index contributed by atoms with van der Waals surface area (Å²) in [6.45, 7) is 12.2. The van der Waals surface area contributed by atoms with E-state index in [4.69, 9.17) is 9.47 Å². The molecule has 2 N–H and O–H groups in total. The van der Waals surface area contributed by atoms with Crippen LogP contribution in [0.15, 0.2) is 23.2 Å². The Bertz CT molecular complexity index is 521. The molecule has 0 bridgehead atoms. The summed E-state index contributed by atoms with van der Waals surface area (Å²) in [6.07, 6.45) is 0. The molecule has 1 aliphatic rings. The first kappa shape index (κ1) is 20.8. The van der Waals surface area contributed by atoms with Crippen molar-refractivity contribution < 1.29 is 9.47 Å². The Hall–Kier alpha value is -1.22.